The summed E-state index contributed by atoms with van der Waals surface area (Å²) in [5.74, 6) is 0.809. The molecule has 2 N–H and O–H groups in total. The summed E-state index contributed by atoms with van der Waals surface area (Å²) in [6.07, 6.45) is 3.22. The zero-order valence-electron chi connectivity index (χ0n) is 10.2. The van der Waals surface area contributed by atoms with E-state index in [2.05, 4.69) is 5.32 Å². The van der Waals surface area contributed by atoms with Crippen molar-refractivity contribution in [3.63, 3.8) is 0 Å². The highest BCUT2D eigenvalue weighted by Gasteiger charge is 2.40. The van der Waals surface area contributed by atoms with Crippen molar-refractivity contribution in [2.75, 3.05) is 13.1 Å². The number of phenols is 1. The molecule has 1 fully saturated rings. The zero-order valence-corrected chi connectivity index (χ0v) is 10.2. The second-order valence-electron chi connectivity index (χ2n) is 5.17. The molecule has 2 heterocycles. The van der Waals surface area contributed by atoms with E-state index in [1.807, 2.05) is 0 Å². The van der Waals surface area contributed by atoms with Crippen LogP contribution in [0, 0.1) is 0 Å². The van der Waals surface area contributed by atoms with Crippen molar-refractivity contribution in [2.24, 2.45) is 0 Å². The van der Waals surface area contributed by atoms with Gasteiger partial charge in [0.2, 0.25) is 0 Å². The maximum Gasteiger partial charge on any atom is 0.170 e. The molecule has 0 aromatic heterocycles. The van der Waals surface area contributed by atoms with Crippen LogP contribution < -0.4 is 10.1 Å². The molecule has 0 saturated carbocycles. The highest BCUT2D eigenvalue weighted by Crippen LogP contribution is 2.39. The van der Waals surface area contributed by atoms with E-state index in [1.54, 1.807) is 12.1 Å². The molecule has 1 spiro atoms. The van der Waals surface area contributed by atoms with Crippen LogP contribution in [-0.2, 0) is 0 Å². The van der Waals surface area contributed by atoms with E-state index in [0.717, 1.165) is 32.4 Å². The van der Waals surface area contributed by atoms with E-state index in [4.69, 9.17) is 4.74 Å². The summed E-state index contributed by atoms with van der Waals surface area (Å²) in [6.45, 7) is 1.88. The quantitative estimate of drug-likeness (QED) is 0.734. The first kappa shape index (κ1) is 11.5. The molecule has 0 bridgehead atoms. The molecule has 96 valence electrons. The van der Waals surface area contributed by atoms with Gasteiger partial charge < -0.3 is 15.2 Å². The first-order chi connectivity index (χ1) is 8.69. The highest BCUT2D eigenvalue weighted by molar-refractivity contribution is 6.00. The maximum absolute atomic E-state index is 12.2. The Bertz CT molecular complexity index is 476. The summed E-state index contributed by atoms with van der Waals surface area (Å²) in [4.78, 5) is 12.2. The first-order valence-electron chi connectivity index (χ1n) is 6.45. The van der Waals surface area contributed by atoms with Gasteiger partial charge >= 0.3 is 0 Å². The lowest BCUT2D eigenvalue weighted by atomic mass is 9.84. The van der Waals surface area contributed by atoms with Gasteiger partial charge in [0, 0.05) is 6.42 Å². The summed E-state index contributed by atoms with van der Waals surface area (Å²) < 4.78 is 6.09. The summed E-state index contributed by atoms with van der Waals surface area (Å²) in [7, 11) is 0. The molecule has 1 unspecified atom stereocenters. The number of nitrogens with one attached hydrogen (secondary N) is 1. The molecular formula is C14H17NO3. The van der Waals surface area contributed by atoms with Gasteiger partial charge in [0.1, 0.15) is 17.1 Å². The molecule has 4 heteroatoms. The van der Waals surface area contributed by atoms with Gasteiger partial charge in [0.15, 0.2) is 5.78 Å². The Balaban J connectivity index is 1.95. The number of hydrogen-bond donors (Lipinski definition) is 2. The van der Waals surface area contributed by atoms with Gasteiger partial charge in [-0.25, -0.2) is 0 Å². The van der Waals surface area contributed by atoms with Gasteiger partial charge in [0.25, 0.3) is 0 Å². The molecule has 2 aliphatic heterocycles. The van der Waals surface area contributed by atoms with Crippen LogP contribution in [0.3, 0.4) is 0 Å². The van der Waals surface area contributed by atoms with Crippen LogP contribution in [0.15, 0.2) is 18.2 Å². The van der Waals surface area contributed by atoms with Crippen molar-refractivity contribution in [1.82, 2.24) is 5.32 Å². The van der Waals surface area contributed by atoms with E-state index >= 15 is 0 Å². The molecule has 1 saturated heterocycles. The second-order valence-corrected chi connectivity index (χ2v) is 5.17. The van der Waals surface area contributed by atoms with Crippen LogP contribution in [0.5, 0.6) is 11.5 Å². The molecule has 3 rings (SSSR count). The molecule has 4 nitrogen and oxygen atoms in total. The van der Waals surface area contributed by atoms with Gasteiger partial charge in [0.05, 0.1) is 12.0 Å². The van der Waals surface area contributed by atoms with Gasteiger partial charge in [-0.15, -0.1) is 0 Å². The van der Waals surface area contributed by atoms with Crippen LogP contribution in [0.4, 0.5) is 0 Å². The van der Waals surface area contributed by atoms with Crippen LogP contribution in [-0.4, -0.2) is 29.6 Å². The van der Waals surface area contributed by atoms with Crippen LogP contribution in [0.1, 0.15) is 36.0 Å². The minimum atomic E-state index is -0.343. The summed E-state index contributed by atoms with van der Waals surface area (Å²) in [5, 5.41) is 12.8. The van der Waals surface area contributed by atoms with Gasteiger partial charge in [-0.05, 0) is 44.1 Å². The van der Waals surface area contributed by atoms with Gasteiger partial charge in [-0.3, -0.25) is 4.79 Å². The minimum Gasteiger partial charge on any atom is -0.508 e. The molecule has 1 aromatic rings. The monoisotopic (exact) mass is 247 g/mol. The highest BCUT2D eigenvalue weighted by atomic mass is 16.5. The maximum atomic E-state index is 12.2. The number of ether oxygens (including phenoxy) is 1. The lowest BCUT2D eigenvalue weighted by molar-refractivity contribution is 0.0320. The van der Waals surface area contributed by atoms with E-state index in [-0.39, 0.29) is 17.1 Å². The standard InChI is InChI=1S/C14H17NO3/c16-10-2-3-13-11(8-10)12(17)9-14(18-13)4-1-6-15-7-5-14/h2-3,8,15-16H,1,4-7,9H2. The van der Waals surface area contributed by atoms with Crippen LogP contribution in [0.25, 0.3) is 0 Å². The molecule has 0 amide bonds. The SMILES string of the molecule is O=C1CC2(CCCNCC2)Oc2ccc(O)cc21. The predicted molar refractivity (Wildman–Crippen MR) is 67.1 cm³/mol. The van der Waals surface area contributed by atoms with Crippen LogP contribution >= 0.6 is 0 Å². The Hall–Kier alpha value is -1.55. The van der Waals surface area contributed by atoms with Crippen molar-refractivity contribution < 1.29 is 14.6 Å². The van der Waals surface area contributed by atoms with Gasteiger partial charge in [-0.1, -0.05) is 0 Å². The van der Waals surface area contributed by atoms with E-state index in [9.17, 15) is 9.90 Å². The third-order valence-electron chi connectivity index (χ3n) is 3.82. The normalized spacial score (nSPS) is 27.4. The van der Waals surface area contributed by atoms with Crippen molar-refractivity contribution in [3.8, 4) is 11.5 Å². The minimum absolute atomic E-state index is 0.0778. The number of Topliss-reactive ketones (excluding diaryl/α,β-unsaturated/α-hetero) is 1. The van der Waals surface area contributed by atoms with Crippen molar-refractivity contribution in [1.29, 1.82) is 0 Å². The summed E-state index contributed by atoms with van der Waals surface area (Å²) >= 11 is 0. The molecule has 1 atom stereocenters. The number of fused-ring (bicyclic) bond motifs is 1. The molecular weight excluding hydrogens is 230 g/mol. The number of hydrogen-bond acceptors (Lipinski definition) is 4. The third-order valence-corrected chi connectivity index (χ3v) is 3.82. The number of carbonyl (C=O) groups excluding carboxylic acids is 1. The van der Waals surface area contributed by atoms with E-state index in [1.165, 1.54) is 6.07 Å². The topological polar surface area (TPSA) is 58.6 Å². The number of carbonyl (C=O) groups is 1. The van der Waals surface area contributed by atoms with E-state index in [0.29, 0.717) is 17.7 Å². The fraction of sp³-hybridized carbons (Fsp3) is 0.500. The number of aromatic hydroxyl groups is 1. The van der Waals surface area contributed by atoms with Gasteiger partial charge in [-0.2, -0.15) is 0 Å². The third kappa shape index (κ3) is 1.97. The Kier molecular flexibility index (Phi) is 2.74. The molecule has 2 aliphatic rings. The number of phenolic OH excluding ortho intramolecular Hbond substituents is 1. The lowest BCUT2D eigenvalue weighted by Gasteiger charge is -2.37. The number of rotatable bonds is 0. The summed E-state index contributed by atoms with van der Waals surface area (Å²) in [5.41, 5.74) is 0.169. The Labute approximate surface area is 106 Å². The Morgan fingerprint density at radius 2 is 2.17 bits per heavy atom. The molecule has 1 aromatic carbocycles. The van der Waals surface area contributed by atoms with Crippen LogP contribution in [0.2, 0.25) is 0 Å². The zero-order chi connectivity index (χ0) is 12.6. The first-order valence-corrected chi connectivity index (χ1v) is 6.45. The number of benzene rings is 1. The smallest absolute Gasteiger partial charge is 0.170 e. The van der Waals surface area contributed by atoms with Crippen molar-refractivity contribution >= 4 is 5.78 Å². The lowest BCUT2D eigenvalue weighted by Crippen LogP contribution is -2.42. The molecule has 18 heavy (non-hydrogen) atoms. The molecule has 0 radical (unpaired) electrons. The summed E-state index contributed by atoms with van der Waals surface area (Å²) in [6, 6.07) is 4.77. The fourth-order valence-electron chi connectivity index (χ4n) is 2.86. The predicted octanol–water partition coefficient (Wildman–Crippen LogP) is 1.87. The van der Waals surface area contributed by atoms with Crippen molar-refractivity contribution in [2.45, 2.75) is 31.3 Å². The fourth-order valence-corrected chi connectivity index (χ4v) is 2.86. The number of ketones is 1. The van der Waals surface area contributed by atoms with Crippen molar-refractivity contribution in [3.05, 3.63) is 23.8 Å². The average Bonchev–Trinajstić information content (AvgIpc) is 2.56. The average molecular weight is 247 g/mol. The largest absolute Gasteiger partial charge is 0.508 e. The Morgan fingerprint density at radius 3 is 3.06 bits per heavy atom. The molecule has 0 aliphatic carbocycles. The second kappa shape index (κ2) is 4.28. The van der Waals surface area contributed by atoms with E-state index < -0.39 is 0 Å². The Morgan fingerprint density at radius 1 is 1.28 bits per heavy atom.